The second-order valence-electron chi connectivity index (χ2n) is 6.84. The van der Waals surface area contributed by atoms with Crippen LogP contribution in [0.4, 0.5) is 5.69 Å². The third kappa shape index (κ3) is 4.14. The van der Waals surface area contributed by atoms with Crippen molar-refractivity contribution in [2.24, 2.45) is 0 Å². The van der Waals surface area contributed by atoms with Gasteiger partial charge in [0.15, 0.2) is 6.61 Å². The maximum absolute atomic E-state index is 12.8. The van der Waals surface area contributed by atoms with Crippen molar-refractivity contribution in [3.63, 3.8) is 0 Å². The number of aryl methyl sites for hydroxylation is 1. The van der Waals surface area contributed by atoms with E-state index >= 15 is 0 Å². The smallest absolute Gasteiger partial charge is 0.345 e. The molecular weight excluding hydrogens is 392 g/mol. The Bertz CT molecular complexity index is 1020. The number of para-hydroxylation sites is 1. The van der Waals surface area contributed by atoms with Crippen molar-refractivity contribution in [1.82, 2.24) is 4.90 Å². The third-order valence-electron chi connectivity index (χ3n) is 5.01. The molecule has 0 saturated heterocycles. The van der Waals surface area contributed by atoms with Gasteiger partial charge in [-0.25, -0.2) is 9.59 Å². The van der Waals surface area contributed by atoms with Gasteiger partial charge in [0.2, 0.25) is 0 Å². The molecule has 0 unspecified atom stereocenters. The first-order valence-corrected chi connectivity index (χ1v) is 9.18. The van der Waals surface area contributed by atoms with Crippen LogP contribution >= 0.6 is 0 Å². The van der Waals surface area contributed by atoms with Gasteiger partial charge in [0.25, 0.3) is 11.6 Å². The van der Waals surface area contributed by atoms with E-state index in [9.17, 15) is 24.5 Å². The molecule has 0 aromatic heterocycles. The van der Waals surface area contributed by atoms with E-state index in [1.165, 1.54) is 37.1 Å². The molecular formula is C21H20N2O7. The van der Waals surface area contributed by atoms with Gasteiger partial charge in [-0.15, -0.1) is 0 Å². The summed E-state index contributed by atoms with van der Waals surface area (Å²) in [5.41, 5.74) is 1.52. The summed E-state index contributed by atoms with van der Waals surface area (Å²) in [4.78, 5) is 49.3. The molecule has 1 amide bonds. The number of methoxy groups -OCH3 is 1. The molecule has 1 atom stereocenters. The lowest BCUT2D eigenvalue weighted by Gasteiger charge is -2.35. The molecule has 0 bridgehead atoms. The van der Waals surface area contributed by atoms with E-state index in [2.05, 4.69) is 0 Å². The number of fused-ring (bicyclic) bond motifs is 1. The Labute approximate surface area is 172 Å². The highest BCUT2D eigenvalue weighted by Crippen LogP contribution is 2.26. The monoisotopic (exact) mass is 412 g/mol. The van der Waals surface area contributed by atoms with Crippen LogP contribution in [0.1, 0.15) is 27.0 Å². The quantitative estimate of drug-likeness (QED) is 0.420. The Morgan fingerprint density at radius 1 is 1.13 bits per heavy atom. The number of hydrogen-bond donors (Lipinski definition) is 0. The maximum Gasteiger partial charge on any atom is 0.345 e. The van der Waals surface area contributed by atoms with E-state index < -0.39 is 35.4 Å². The number of nitro benzene ring substituents is 1. The average molecular weight is 412 g/mol. The van der Waals surface area contributed by atoms with E-state index in [1.54, 1.807) is 0 Å². The topological polar surface area (TPSA) is 116 Å². The average Bonchev–Trinajstić information content (AvgIpc) is 2.75. The molecule has 0 saturated carbocycles. The zero-order chi connectivity index (χ0) is 21.8. The van der Waals surface area contributed by atoms with Gasteiger partial charge in [-0.3, -0.25) is 14.9 Å². The second kappa shape index (κ2) is 8.73. The Morgan fingerprint density at radius 3 is 2.50 bits per heavy atom. The lowest BCUT2D eigenvalue weighted by Crippen LogP contribution is -2.50. The highest BCUT2D eigenvalue weighted by Gasteiger charge is 2.36. The van der Waals surface area contributed by atoms with Gasteiger partial charge < -0.3 is 14.4 Å². The number of nitro groups is 1. The van der Waals surface area contributed by atoms with Gasteiger partial charge in [0.05, 0.1) is 12.0 Å². The molecule has 9 nitrogen and oxygen atoms in total. The molecule has 9 heteroatoms. The van der Waals surface area contributed by atoms with Gasteiger partial charge >= 0.3 is 11.9 Å². The SMILES string of the molecule is COC(=O)[C@@H]1Cc2ccccc2CN1C(=O)COC(=O)c1cccc(C)c1[N+](=O)[O-]. The van der Waals surface area contributed by atoms with E-state index in [1.807, 2.05) is 24.3 Å². The Balaban J connectivity index is 1.77. The van der Waals surface area contributed by atoms with Gasteiger partial charge in [0, 0.05) is 18.5 Å². The Hall–Kier alpha value is -3.75. The van der Waals surface area contributed by atoms with Crippen LogP contribution in [0.25, 0.3) is 0 Å². The zero-order valence-electron chi connectivity index (χ0n) is 16.5. The van der Waals surface area contributed by atoms with Crippen molar-refractivity contribution in [2.45, 2.75) is 25.9 Å². The lowest BCUT2D eigenvalue weighted by atomic mass is 9.94. The minimum atomic E-state index is -0.981. The number of nitrogens with zero attached hydrogens (tertiary/aromatic N) is 2. The number of amides is 1. The molecule has 0 aliphatic carbocycles. The lowest BCUT2D eigenvalue weighted by molar-refractivity contribution is -0.385. The van der Waals surface area contributed by atoms with Gasteiger partial charge in [0.1, 0.15) is 11.6 Å². The first kappa shape index (κ1) is 21.0. The number of carbonyl (C=O) groups is 3. The van der Waals surface area contributed by atoms with Crippen LogP contribution in [0, 0.1) is 17.0 Å². The molecule has 0 spiro atoms. The van der Waals surface area contributed by atoms with E-state index in [4.69, 9.17) is 9.47 Å². The van der Waals surface area contributed by atoms with Crippen LogP contribution in [0.2, 0.25) is 0 Å². The van der Waals surface area contributed by atoms with Crippen LogP contribution in [-0.4, -0.2) is 47.4 Å². The highest BCUT2D eigenvalue weighted by atomic mass is 16.6. The molecule has 2 aromatic carbocycles. The standard InChI is InChI=1S/C21H20N2O7/c1-13-6-5-9-16(19(13)23(27)28)20(25)30-12-18(24)22-11-15-8-4-3-7-14(15)10-17(22)21(26)29-2/h3-9,17H,10-12H2,1-2H3/t17-/m0/s1. The molecule has 0 radical (unpaired) electrons. The first-order valence-electron chi connectivity index (χ1n) is 9.18. The molecule has 1 aliphatic rings. The molecule has 2 aromatic rings. The second-order valence-corrected chi connectivity index (χ2v) is 6.84. The van der Waals surface area contributed by atoms with Crippen molar-refractivity contribution in [1.29, 1.82) is 0 Å². The summed E-state index contributed by atoms with van der Waals surface area (Å²) in [6.07, 6.45) is 0.284. The fourth-order valence-electron chi connectivity index (χ4n) is 3.49. The van der Waals surface area contributed by atoms with Gasteiger partial charge in [-0.1, -0.05) is 36.4 Å². The summed E-state index contributed by atoms with van der Waals surface area (Å²) in [5.74, 6) is -2.15. The van der Waals surface area contributed by atoms with Crippen molar-refractivity contribution in [3.8, 4) is 0 Å². The summed E-state index contributed by atoms with van der Waals surface area (Å²) in [5, 5.41) is 11.3. The normalized spacial score (nSPS) is 15.1. The van der Waals surface area contributed by atoms with Crippen molar-refractivity contribution < 1.29 is 28.8 Å². The van der Waals surface area contributed by atoms with Crippen LogP contribution in [-0.2, 0) is 32.0 Å². The molecule has 0 N–H and O–H groups in total. The van der Waals surface area contributed by atoms with E-state index in [0.29, 0.717) is 5.56 Å². The van der Waals surface area contributed by atoms with Crippen LogP contribution in [0.5, 0.6) is 0 Å². The number of carbonyl (C=O) groups excluding carboxylic acids is 3. The molecule has 1 aliphatic heterocycles. The molecule has 1 heterocycles. The molecule has 3 rings (SSSR count). The fraction of sp³-hybridized carbons (Fsp3) is 0.286. The minimum absolute atomic E-state index is 0.164. The van der Waals surface area contributed by atoms with Crippen LogP contribution in [0.15, 0.2) is 42.5 Å². The first-order chi connectivity index (χ1) is 14.3. The number of ether oxygens (including phenoxy) is 2. The van der Waals surface area contributed by atoms with Crippen LogP contribution in [0.3, 0.4) is 0 Å². The predicted octanol–water partition coefficient (Wildman–Crippen LogP) is 2.19. The number of rotatable bonds is 5. The van der Waals surface area contributed by atoms with Crippen molar-refractivity contribution >= 4 is 23.5 Å². The number of esters is 2. The van der Waals surface area contributed by atoms with Gasteiger partial charge in [-0.05, 0) is 24.1 Å². The predicted molar refractivity (Wildman–Crippen MR) is 105 cm³/mol. The van der Waals surface area contributed by atoms with E-state index in [0.717, 1.165) is 11.1 Å². The number of hydrogen-bond acceptors (Lipinski definition) is 7. The molecule has 156 valence electrons. The van der Waals surface area contributed by atoms with E-state index in [-0.39, 0.29) is 24.2 Å². The Kier molecular flexibility index (Phi) is 6.10. The highest BCUT2D eigenvalue weighted by molar-refractivity contribution is 5.96. The van der Waals surface area contributed by atoms with Crippen molar-refractivity contribution in [3.05, 3.63) is 74.8 Å². The minimum Gasteiger partial charge on any atom is -0.467 e. The zero-order valence-corrected chi connectivity index (χ0v) is 16.5. The third-order valence-corrected chi connectivity index (χ3v) is 5.01. The fourth-order valence-corrected chi connectivity index (χ4v) is 3.49. The number of benzene rings is 2. The van der Waals surface area contributed by atoms with Crippen LogP contribution < -0.4 is 0 Å². The summed E-state index contributed by atoms with van der Waals surface area (Å²) >= 11 is 0. The van der Waals surface area contributed by atoms with Gasteiger partial charge in [-0.2, -0.15) is 0 Å². The largest absolute Gasteiger partial charge is 0.467 e. The summed E-state index contributed by atoms with van der Waals surface area (Å²) in [7, 11) is 1.24. The molecule has 0 fully saturated rings. The van der Waals surface area contributed by atoms with Crippen molar-refractivity contribution in [2.75, 3.05) is 13.7 Å². The summed E-state index contributed by atoms with van der Waals surface area (Å²) in [6, 6.07) is 10.8. The summed E-state index contributed by atoms with van der Waals surface area (Å²) in [6.45, 7) is 1.02. The maximum atomic E-state index is 12.8. The molecule has 30 heavy (non-hydrogen) atoms. The summed E-state index contributed by atoms with van der Waals surface area (Å²) < 4.78 is 9.87. The Morgan fingerprint density at radius 2 is 1.83 bits per heavy atom.